The number of allylic oxidation sites excluding steroid dienone is 1. The molecule has 3 atom stereocenters. The van der Waals surface area contributed by atoms with E-state index < -0.39 is 30.7 Å². The fourth-order valence-electron chi connectivity index (χ4n) is 6.66. The van der Waals surface area contributed by atoms with Crippen molar-refractivity contribution in [3.05, 3.63) is 66.2 Å². The summed E-state index contributed by atoms with van der Waals surface area (Å²) in [5.41, 5.74) is 1.66. The van der Waals surface area contributed by atoms with Crippen LogP contribution in [0.5, 0.6) is 17.2 Å². The molecule has 4 rings (SSSR count). The van der Waals surface area contributed by atoms with Gasteiger partial charge in [0.15, 0.2) is 18.1 Å². The maximum Gasteiger partial charge on any atom is 0.341 e. The zero-order valence-electron chi connectivity index (χ0n) is 26.6. The van der Waals surface area contributed by atoms with Crippen LogP contribution in [-0.4, -0.2) is 61.3 Å². The summed E-state index contributed by atoms with van der Waals surface area (Å²) in [5, 5.41) is 9.08. The summed E-state index contributed by atoms with van der Waals surface area (Å²) in [5.74, 6) is 0.282. The molecule has 0 radical (unpaired) electrons. The van der Waals surface area contributed by atoms with Gasteiger partial charge in [-0.1, -0.05) is 43.5 Å². The normalized spacial score (nSPS) is 18.4. The molecule has 2 aromatic rings. The lowest BCUT2D eigenvalue weighted by Gasteiger charge is -2.39. The van der Waals surface area contributed by atoms with Crippen LogP contribution in [0.3, 0.4) is 0 Å². The van der Waals surface area contributed by atoms with E-state index in [2.05, 4.69) is 6.58 Å². The number of methoxy groups -OCH3 is 2. The van der Waals surface area contributed by atoms with Crippen molar-refractivity contribution < 1.29 is 38.4 Å². The largest absolute Gasteiger partial charge is 0.493 e. The Labute approximate surface area is 266 Å². The molecule has 2 aromatic carbocycles. The summed E-state index contributed by atoms with van der Waals surface area (Å²) in [6.07, 6.45) is 10.6. The molecule has 1 aliphatic heterocycles. The number of aliphatic carboxylic acids is 1. The number of hydrogen-bond donors (Lipinski definition) is 1. The van der Waals surface area contributed by atoms with Gasteiger partial charge in [0, 0.05) is 12.5 Å². The second-order valence-electron chi connectivity index (χ2n) is 12.0. The molecule has 2 aliphatic rings. The Balaban J connectivity index is 1.56. The molecule has 1 saturated heterocycles. The second-order valence-corrected chi connectivity index (χ2v) is 12.0. The first kappa shape index (κ1) is 33.9. The van der Waals surface area contributed by atoms with Crippen LogP contribution in [0.2, 0.25) is 0 Å². The summed E-state index contributed by atoms with van der Waals surface area (Å²) in [6.45, 7) is 3.98. The van der Waals surface area contributed by atoms with Gasteiger partial charge in [-0.05, 0) is 92.7 Å². The summed E-state index contributed by atoms with van der Waals surface area (Å²) in [6, 6.07) is 12.0. The molecule has 9 nitrogen and oxygen atoms in total. The quantitative estimate of drug-likeness (QED) is 0.176. The van der Waals surface area contributed by atoms with Gasteiger partial charge in [-0.25, -0.2) is 9.59 Å². The van der Waals surface area contributed by atoms with E-state index in [0.29, 0.717) is 61.0 Å². The zero-order valence-corrected chi connectivity index (χ0v) is 26.6. The lowest BCUT2D eigenvalue weighted by Crippen LogP contribution is -2.52. The third-order valence-corrected chi connectivity index (χ3v) is 9.01. The predicted octanol–water partition coefficient (Wildman–Crippen LogP) is 6.54. The van der Waals surface area contributed by atoms with Crippen molar-refractivity contribution in [1.82, 2.24) is 4.90 Å². The number of carbonyl (C=O) groups is 3. The van der Waals surface area contributed by atoms with Crippen LogP contribution in [0.1, 0.15) is 81.4 Å². The fraction of sp³-hybridized carbons (Fsp3) is 0.528. The van der Waals surface area contributed by atoms with E-state index in [-0.39, 0.29) is 11.8 Å². The topological polar surface area (TPSA) is 112 Å². The van der Waals surface area contributed by atoms with Crippen molar-refractivity contribution in [2.75, 3.05) is 27.4 Å². The molecule has 1 heterocycles. The van der Waals surface area contributed by atoms with Crippen molar-refractivity contribution >= 4 is 17.8 Å². The highest BCUT2D eigenvalue weighted by molar-refractivity contribution is 5.86. The summed E-state index contributed by atoms with van der Waals surface area (Å²) >= 11 is 0. The standard InChI is InChI=1S/C36H47NO8/c1-4-11-29(26-12-6-5-7-13-26)35(40)37-21-9-8-16-30(37)36(41)45-31(27-14-10-15-28(23-27)44-24-34(38)39)19-17-25-18-20-32(42-2)33(22-25)43-3/h4,10,14-15,18,20,22-23,26,29-31H,1,5-9,11-13,16-17,19,21,24H2,2-3H3,(H,38,39)/t29?,30?,31-/m1/s1. The summed E-state index contributed by atoms with van der Waals surface area (Å²) in [7, 11) is 3.17. The molecule has 0 aromatic heterocycles. The van der Waals surface area contributed by atoms with E-state index >= 15 is 0 Å². The van der Waals surface area contributed by atoms with Crippen LogP contribution < -0.4 is 14.2 Å². The third-order valence-electron chi connectivity index (χ3n) is 9.01. The lowest BCUT2D eigenvalue weighted by molar-refractivity contribution is -0.164. The number of aryl methyl sites for hydroxylation is 1. The molecule has 2 fully saturated rings. The monoisotopic (exact) mass is 621 g/mol. The van der Waals surface area contributed by atoms with Gasteiger partial charge >= 0.3 is 11.9 Å². The van der Waals surface area contributed by atoms with Crippen LogP contribution in [0, 0.1) is 11.8 Å². The number of benzene rings is 2. The smallest absolute Gasteiger partial charge is 0.341 e. The number of amides is 1. The van der Waals surface area contributed by atoms with Gasteiger partial charge in [-0.15, -0.1) is 6.58 Å². The van der Waals surface area contributed by atoms with Gasteiger partial charge in [0.05, 0.1) is 14.2 Å². The summed E-state index contributed by atoms with van der Waals surface area (Å²) in [4.78, 5) is 40.9. The average Bonchev–Trinajstić information content (AvgIpc) is 3.08. The van der Waals surface area contributed by atoms with E-state index in [4.69, 9.17) is 24.1 Å². The van der Waals surface area contributed by atoms with Gasteiger partial charge in [0.1, 0.15) is 17.9 Å². The Morgan fingerprint density at radius 3 is 2.44 bits per heavy atom. The first-order chi connectivity index (χ1) is 21.8. The zero-order chi connectivity index (χ0) is 32.2. The Morgan fingerprint density at radius 1 is 0.978 bits per heavy atom. The molecular weight excluding hydrogens is 574 g/mol. The van der Waals surface area contributed by atoms with Crippen molar-refractivity contribution in [3.8, 4) is 17.2 Å². The number of hydrogen-bond acceptors (Lipinski definition) is 7. The number of carboxylic acid groups (broad SMARTS) is 1. The van der Waals surface area contributed by atoms with Crippen LogP contribution in [0.15, 0.2) is 55.1 Å². The summed E-state index contributed by atoms with van der Waals surface area (Å²) < 4.78 is 22.5. The minimum absolute atomic E-state index is 0.0365. The van der Waals surface area contributed by atoms with Crippen molar-refractivity contribution in [3.63, 3.8) is 0 Å². The first-order valence-electron chi connectivity index (χ1n) is 16.1. The second kappa shape index (κ2) is 16.9. The van der Waals surface area contributed by atoms with E-state index in [1.165, 1.54) is 6.42 Å². The molecule has 1 N–H and O–H groups in total. The van der Waals surface area contributed by atoms with Crippen LogP contribution in [0.4, 0.5) is 0 Å². The molecule has 0 bridgehead atoms. The first-order valence-corrected chi connectivity index (χ1v) is 16.1. The van der Waals surface area contributed by atoms with Crippen molar-refractivity contribution in [2.45, 2.75) is 82.8 Å². The number of carbonyl (C=O) groups excluding carboxylic acids is 2. The highest BCUT2D eigenvalue weighted by Crippen LogP contribution is 2.36. The van der Waals surface area contributed by atoms with E-state index in [9.17, 15) is 14.4 Å². The van der Waals surface area contributed by atoms with Gasteiger partial charge in [-0.3, -0.25) is 4.79 Å². The van der Waals surface area contributed by atoms with Gasteiger partial charge in [0.2, 0.25) is 5.91 Å². The minimum Gasteiger partial charge on any atom is -0.493 e. The number of likely N-dealkylation sites (tertiary alicyclic amines) is 1. The molecule has 45 heavy (non-hydrogen) atoms. The molecule has 1 aliphatic carbocycles. The number of esters is 1. The maximum absolute atomic E-state index is 14.0. The van der Waals surface area contributed by atoms with Gasteiger partial charge in [-0.2, -0.15) is 0 Å². The fourth-order valence-corrected chi connectivity index (χ4v) is 6.66. The molecule has 1 saturated carbocycles. The molecule has 9 heteroatoms. The van der Waals surface area contributed by atoms with Crippen molar-refractivity contribution in [1.29, 1.82) is 0 Å². The number of ether oxygens (including phenoxy) is 4. The van der Waals surface area contributed by atoms with E-state index in [0.717, 1.165) is 44.1 Å². The van der Waals surface area contributed by atoms with Gasteiger partial charge in [0.25, 0.3) is 0 Å². The molecule has 244 valence electrons. The average molecular weight is 622 g/mol. The maximum atomic E-state index is 14.0. The van der Waals surface area contributed by atoms with Gasteiger partial charge < -0.3 is 29.0 Å². The highest BCUT2D eigenvalue weighted by atomic mass is 16.5. The van der Waals surface area contributed by atoms with Crippen LogP contribution in [0.25, 0.3) is 0 Å². The number of rotatable bonds is 15. The Bertz CT molecular complexity index is 1300. The minimum atomic E-state index is -1.08. The van der Waals surface area contributed by atoms with Crippen LogP contribution >= 0.6 is 0 Å². The molecule has 1 amide bonds. The Kier molecular flexibility index (Phi) is 12.7. The van der Waals surface area contributed by atoms with E-state index in [1.807, 2.05) is 30.3 Å². The number of carboxylic acids is 1. The molecule has 0 spiro atoms. The Morgan fingerprint density at radius 2 is 1.73 bits per heavy atom. The SMILES string of the molecule is C=CCC(C(=O)N1CCCCC1C(=O)O[C@H](CCc1ccc(OC)c(OC)c1)c1cccc(OCC(=O)O)c1)C1CCCCC1. The predicted molar refractivity (Wildman–Crippen MR) is 171 cm³/mol. The van der Waals surface area contributed by atoms with Crippen LogP contribution in [-0.2, 0) is 25.5 Å². The Hall–Kier alpha value is -4.01. The van der Waals surface area contributed by atoms with E-state index in [1.54, 1.807) is 37.3 Å². The lowest BCUT2D eigenvalue weighted by atomic mass is 9.77. The highest BCUT2D eigenvalue weighted by Gasteiger charge is 2.39. The molecular formula is C36H47NO8. The van der Waals surface area contributed by atoms with Crippen molar-refractivity contribution in [2.24, 2.45) is 11.8 Å². The third kappa shape index (κ3) is 9.25. The number of piperidine rings is 1. The molecule has 2 unspecified atom stereocenters. The number of nitrogens with zero attached hydrogens (tertiary/aromatic N) is 1.